The summed E-state index contributed by atoms with van der Waals surface area (Å²) in [5.41, 5.74) is 3.85. The number of amides is 1. The van der Waals surface area contributed by atoms with E-state index in [0.717, 1.165) is 22.3 Å². The topological polar surface area (TPSA) is 88.1 Å². The molecule has 0 bridgehead atoms. The van der Waals surface area contributed by atoms with E-state index < -0.39 is 12.0 Å². The van der Waals surface area contributed by atoms with Crippen molar-refractivity contribution >= 4 is 35.1 Å². The van der Waals surface area contributed by atoms with Gasteiger partial charge in [0.2, 0.25) is 5.91 Å². The number of nitrogens with zero attached hydrogens (tertiary/aromatic N) is 1. The van der Waals surface area contributed by atoms with Gasteiger partial charge in [-0.25, -0.2) is 4.79 Å². The van der Waals surface area contributed by atoms with Crippen molar-refractivity contribution in [3.8, 4) is 0 Å². The summed E-state index contributed by atoms with van der Waals surface area (Å²) >= 11 is 12.4. The summed E-state index contributed by atoms with van der Waals surface area (Å²) in [6.45, 7) is 0.240. The van der Waals surface area contributed by atoms with Crippen LogP contribution in [0.1, 0.15) is 41.6 Å². The van der Waals surface area contributed by atoms with Crippen LogP contribution in [0, 0.1) is 0 Å². The number of benzene rings is 3. The molecule has 41 heavy (non-hydrogen) atoms. The van der Waals surface area contributed by atoms with Crippen molar-refractivity contribution in [1.82, 2.24) is 10.2 Å². The Morgan fingerprint density at radius 2 is 1.76 bits per heavy atom. The van der Waals surface area contributed by atoms with Gasteiger partial charge in [0.05, 0.1) is 33.1 Å². The van der Waals surface area contributed by atoms with E-state index in [4.69, 9.17) is 32.7 Å². The van der Waals surface area contributed by atoms with Gasteiger partial charge in [-0.15, -0.1) is 0 Å². The van der Waals surface area contributed by atoms with Crippen LogP contribution in [0.15, 0.2) is 90.5 Å². The molecule has 0 spiro atoms. The average Bonchev–Trinajstić information content (AvgIpc) is 2.99. The smallest absolute Gasteiger partial charge is 0.328 e. The molecule has 7 nitrogen and oxygen atoms in total. The molecule has 216 valence electrons. The lowest BCUT2D eigenvalue weighted by molar-refractivity contribution is -0.145. The predicted octanol–water partition coefficient (Wildman–Crippen LogP) is 5.66. The van der Waals surface area contributed by atoms with Gasteiger partial charge in [-0.3, -0.25) is 9.69 Å². The Kier molecular flexibility index (Phi) is 11.4. The van der Waals surface area contributed by atoms with Crippen molar-refractivity contribution in [2.24, 2.45) is 0 Å². The van der Waals surface area contributed by atoms with Crippen LogP contribution in [0.4, 0.5) is 0 Å². The number of methoxy groups -OCH3 is 1. The summed E-state index contributed by atoms with van der Waals surface area (Å²) in [6.07, 6.45) is 3.21. The number of halogens is 2. The Morgan fingerprint density at radius 1 is 1.00 bits per heavy atom. The molecular formula is C32H34Cl2N2O5. The van der Waals surface area contributed by atoms with Gasteiger partial charge < -0.3 is 19.9 Å². The Bertz CT molecular complexity index is 1330. The SMILES string of the molecule is COC(=O)[C@H](Cc1ccccc1)NC(=O)CCOCC1=CCC(c2ccc(Cl)cc2)N(CO)C1c1cccc(Cl)c1. The van der Waals surface area contributed by atoms with Gasteiger partial charge in [-0.2, -0.15) is 0 Å². The minimum absolute atomic E-state index is 0.0735. The monoisotopic (exact) mass is 596 g/mol. The lowest BCUT2D eigenvalue weighted by atomic mass is 9.87. The number of esters is 1. The van der Waals surface area contributed by atoms with Gasteiger partial charge in [0.25, 0.3) is 0 Å². The quantitative estimate of drug-likeness (QED) is 0.159. The zero-order valence-corrected chi connectivity index (χ0v) is 24.4. The number of aliphatic hydroxyl groups excluding tert-OH is 1. The first kappa shape index (κ1) is 30.8. The Labute approximate surface area is 250 Å². The summed E-state index contributed by atoms with van der Waals surface area (Å²) in [5.74, 6) is -0.806. The van der Waals surface area contributed by atoms with Crippen molar-refractivity contribution in [2.45, 2.75) is 37.4 Å². The average molecular weight is 598 g/mol. The summed E-state index contributed by atoms with van der Waals surface area (Å²) < 4.78 is 10.8. The minimum atomic E-state index is -0.786. The Balaban J connectivity index is 1.41. The van der Waals surface area contributed by atoms with E-state index in [1.165, 1.54) is 7.11 Å². The first-order valence-electron chi connectivity index (χ1n) is 13.4. The summed E-state index contributed by atoms with van der Waals surface area (Å²) in [7, 11) is 1.30. The van der Waals surface area contributed by atoms with E-state index in [1.54, 1.807) is 0 Å². The molecule has 4 rings (SSSR count). The normalized spacial score (nSPS) is 17.9. The molecule has 1 heterocycles. The Hall–Kier alpha value is -3.20. The molecule has 0 saturated carbocycles. The van der Waals surface area contributed by atoms with Gasteiger partial charge in [-0.1, -0.05) is 83.9 Å². The van der Waals surface area contributed by atoms with Crippen LogP contribution in [0.3, 0.4) is 0 Å². The third-order valence-electron chi connectivity index (χ3n) is 7.11. The van der Waals surface area contributed by atoms with Crippen LogP contribution in [-0.4, -0.2) is 55.0 Å². The molecule has 0 aliphatic carbocycles. The first-order valence-corrected chi connectivity index (χ1v) is 14.2. The molecular weight excluding hydrogens is 563 g/mol. The molecule has 1 aliphatic heterocycles. The number of aliphatic hydroxyl groups is 1. The van der Waals surface area contributed by atoms with E-state index in [0.29, 0.717) is 22.9 Å². The van der Waals surface area contributed by atoms with Crippen LogP contribution in [0.2, 0.25) is 10.0 Å². The minimum Gasteiger partial charge on any atom is -0.467 e. The van der Waals surface area contributed by atoms with Crippen molar-refractivity contribution in [3.63, 3.8) is 0 Å². The van der Waals surface area contributed by atoms with Crippen molar-refractivity contribution in [2.75, 3.05) is 27.1 Å². The lowest BCUT2D eigenvalue weighted by Crippen LogP contribution is -2.43. The predicted molar refractivity (Wildman–Crippen MR) is 160 cm³/mol. The number of rotatable bonds is 12. The highest BCUT2D eigenvalue weighted by atomic mass is 35.5. The number of hydrogen-bond acceptors (Lipinski definition) is 6. The fourth-order valence-corrected chi connectivity index (χ4v) is 5.45. The number of carbonyl (C=O) groups is 2. The third kappa shape index (κ3) is 8.41. The molecule has 3 aromatic carbocycles. The van der Waals surface area contributed by atoms with E-state index in [9.17, 15) is 14.7 Å². The molecule has 9 heteroatoms. The van der Waals surface area contributed by atoms with Crippen molar-refractivity contribution < 1.29 is 24.2 Å². The van der Waals surface area contributed by atoms with E-state index in [1.807, 2.05) is 83.8 Å². The maximum atomic E-state index is 12.7. The zero-order valence-electron chi connectivity index (χ0n) is 22.8. The molecule has 0 fully saturated rings. The van der Waals surface area contributed by atoms with E-state index in [2.05, 4.69) is 11.4 Å². The molecule has 3 atom stereocenters. The second-order valence-electron chi connectivity index (χ2n) is 9.83. The standard InChI is InChI=1S/C32H34Cl2N2O5/c1-40-32(39)28(18-22-6-3-2-4-7-22)35-30(38)16-17-41-20-25-12-15-29(23-10-13-26(33)14-11-23)36(21-37)31(25)24-8-5-9-27(34)19-24/h2-14,19,28-29,31,37H,15-18,20-21H2,1H3,(H,35,38)/t28-,29?,31?/m0/s1. The lowest BCUT2D eigenvalue weighted by Gasteiger charge is -2.41. The molecule has 0 radical (unpaired) electrons. The number of carbonyl (C=O) groups excluding carboxylic acids is 2. The molecule has 0 saturated heterocycles. The third-order valence-corrected chi connectivity index (χ3v) is 7.60. The number of hydrogen-bond donors (Lipinski definition) is 2. The number of nitrogens with one attached hydrogen (secondary N) is 1. The van der Waals surface area contributed by atoms with Crippen LogP contribution in [0.5, 0.6) is 0 Å². The maximum absolute atomic E-state index is 12.7. The molecule has 0 aromatic heterocycles. The van der Waals surface area contributed by atoms with Crippen molar-refractivity contribution in [1.29, 1.82) is 0 Å². The first-order chi connectivity index (χ1) is 19.9. The van der Waals surface area contributed by atoms with Gasteiger partial charge in [0, 0.05) is 28.9 Å². The zero-order chi connectivity index (χ0) is 29.2. The highest BCUT2D eigenvalue weighted by molar-refractivity contribution is 6.30. The molecule has 2 unspecified atom stereocenters. The van der Waals surface area contributed by atoms with Crippen molar-refractivity contribution in [3.05, 3.63) is 117 Å². The fourth-order valence-electron chi connectivity index (χ4n) is 5.12. The molecule has 1 aliphatic rings. The summed E-state index contributed by atoms with van der Waals surface area (Å²) in [5, 5.41) is 14.5. The fraction of sp³-hybridized carbons (Fsp3) is 0.312. The van der Waals surface area contributed by atoms with Crippen LogP contribution in [-0.2, 0) is 25.5 Å². The van der Waals surface area contributed by atoms with Crippen LogP contribution >= 0.6 is 23.2 Å². The largest absolute Gasteiger partial charge is 0.467 e. The van der Waals surface area contributed by atoms with Gasteiger partial charge in [-0.05, 0) is 52.9 Å². The van der Waals surface area contributed by atoms with E-state index >= 15 is 0 Å². The number of ether oxygens (including phenoxy) is 2. The highest BCUT2D eigenvalue weighted by Crippen LogP contribution is 2.42. The molecule has 2 N–H and O–H groups in total. The van der Waals surface area contributed by atoms with Crippen LogP contribution < -0.4 is 5.32 Å². The van der Waals surface area contributed by atoms with E-state index in [-0.39, 0.29) is 44.4 Å². The maximum Gasteiger partial charge on any atom is 0.328 e. The second kappa shape index (κ2) is 15.1. The van der Waals surface area contributed by atoms with Gasteiger partial charge in [0.1, 0.15) is 6.04 Å². The molecule has 1 amide bonds. The van der Waals surface area contributed by atoms with Gasteiger partial charge in [0.15, 0.2) is 0 Å². The summed E-state index contributed by atoms with van der Waals surface area (Å²) in [6, 6.07) is 23.5. The van der Waals surface area contributed by atoms with Crippen LogP contribution in [0.25, 0.3) is 0 Å². The summed E-state index contributed by atoms with van der Waals surface area (Å²) in [4.78, 5) is 27.0. The molecule has 3 aromatic rings. The van der Waals surface area contributed by atoms with Gasteiger partial charge >= 0.3 is 5.97 Å². The second-order valence-corrected chi connectivity index (χ2v) is 10.7. The highest BCUT2D eigenvalue weighted by Gasteiger charge is 2.34. The Morgan fingerprint density at radius 3 is 2.44 bits per heavy atom.